The molecule has 0 saturated carbocycles. The van der Waals surface area contributed by atoms with Crippen molar-refractivity contribution in [3.63, 3.8) is 0 Å². The molecule has 1 N–H and O–H groups in total. The van der Waals surface area contributed by atoms with Gasteiger partial charge in [-0.1, -0.05) is 12.2 Å². The van der Waals surface area contributed by atoms with Crippen molar-refractivity contribution in [2.45, 2.75) is 25.0 Å². The molecule has 136 valence electrons. The van der Waals surface area contributed by atoms with Crippen molar-refractivity contribution < 1.29 is 29.0 Å². The summed E-state index contributed by atoms with van der Waals surface area (Å²) in [5, 5.41) is 9.80. The van der Waals surface area contributed by atoms with Crippen molar-refractivity contribution in [2.24, 2.45) is 11.8 Å². The number of nitrogens with zero attached hydrogens (tertiary/aromatic N) is 1. The minimum atomic E-state index is -1.15. The van der Waals surface area contributed by atoms with Crippen molar-refractivity contribution >= 4 is 23.5 Å². The summed E-state index contributed by atoms with van der Waals surface area (Å²) in [6.45, 7) is 3.37. The van der Waals surface area contributed by atoms with Crippen molar-refractivity contribution in [1.29, 1.82) is 0 Å². The first-order valence-electron chi connectivity index (χ1n) is 8.53. The van der Waals surface area contributed by atoms with Crippen molar-refractivity contribution in [1.82, 2.24) is 0 Å². The van der Waals surface area contributed by atoms with Crippen LogP contribution in [0.4, 0.5) is 5.69 Å². The molecule has 0 aromatic heterocycles. The van der Waals surface area contributed by atoms with E-state index in [1.165, 1.54) is 12.1 Å². The maximum absolute atomic E-state index is 13.0. The van der Waals surface area contributed by atoms with E-state index in [2.05, 4.69) is 0 Å². The SMILES string of the molecule is CCOC(=O)c1ccc(N2C(=O)[C@@H]3[C@H](C2=O)[C@@]2(C)C=C[C@@]3(CO)O2)cc1. The van der Waals surface area contributed by atoms with Gasteiger partial charge in [-0.25, -0.2) is 9.69 Å². The first kappa shape index (κ1) is 16.9. The lowest BCUT2D eigenvalue weighted by Crippen LogP contribution is -2.43. The topological polar surface area (TPSA) is 93.1 Å². The van der Waals surface area contributed by atoms with Crippen LogP contribution in [0.1, 0.15) is 24.2 Å². The molecule has 0 aliphatic carbocycles. The molecule has 0 radical (unpaired) electrons. The lowest BCUT2D eigenvalue weighted by atomic mass is 9.73. The number of imide groups is 1. The van der Waals surface area contributed by atoms with E-state index in [9.17, 15) is 19.5 Å². The van der Waals surface area contributed by atoms with Gasteiger partial charge in [-0.15, -0.1) is 0 Å². The molecule has 3 aliphatic heterocycles. The molecular formula is C19H19NO6. The molecule has 4 rings (SSSR count). The highest BCUT2D eigenvalue weighted by Gasteiger charge is 2.72. The maximum Gasteiger partial charge on any atom is 0.338 e. The zero-order chi connectivity index (χ0) is 18.7. The summed E-state index contributed by atoms with van der Waals surface area (Å²) in [5.41, 5.74) is -1.32. The molecule has 1 aromatic rings. The molecular weight excluding hydrogens is 338 g/mol. The Bertz CT molecular complexity index is 831. The fourth-order valence-electron chi connectivity index (χ4n) is 4.26. The second-order valence-electron chi connectivity index (χ2n) is 6.97. The van der Waals surface area contributed by atoms with Crippen LogP contribution in [0.5, 0.6) is 0 Å². The first-order valence-corrected chi connectivity index (χ1v) is 8.53. The smallest absolute Gasteiger partial charge is 0.338 e. The van der Waals surface area contributed by atoms with E-state index in [1.54, 1.807) is 38.1 Å². The summed E-state index contributed by atoms with van der Waals surface area (Å²) in [5.74, 6) is -2.63. The Morgan fingerprint density at radius 3 is 2.46 bits per heavy atom. The number of benzene rings is 1. The van der Waals surface area contributed by atoms with E-state index < -0.39 is 34.9 Å². The lowest BCUT2D eigenvalue weighted by molar-refractivity contribution is -0.131. The number of aliphatic hydroxyl groups is 1. The Morgan fingerprint density at radius 2 is 1.85 bits per heavy atom. The van der Waals surface area contributed by atoms with Crippen molar-refractivity contribution in [3.8, 4) is 0 Å². The average Bonchev–Trinajstić information content (AvgIpc) is 3.21. The number of amides is 2. The van der Waals surface area contributed by atoms with Crippen molar-refractivity contribution in [3.05, 3.63) is 42.0 Å². The zero-order valence-corrected chi connectivity index (χ0v) is 14.5. The molecule has 2 bridgehead atoms. The monoisotopic (exact) mass is 357 g/mol. The standard InChI is InChI=1S/C19H19NO6/c1-3-25-17(24)11-4-6-12(7-5-11)20-15(22)13-14(16(20)23)19(10-21)9-8-18(13,2)26-19/h4-9,13-14,21H,3,10H2,1-2H3/t13-,14+,18-,19+/m1/s1. The van der Waals surface area contributed by atoms with Gasteiger partial charge in [0.05, 0.1) is 41.9 Å². The molecule has 2 amide bonds. The summed E-state index contributed by atoms with van der Waals surface area (Å²) < 4.78 is 10.8. The van der Waals surface area contributed by atoms with Gasteiger partial charge in [0.15, 0.2) is 0 Å². The summed E-state index contributed by atoms with van der Waals surface area (Å²) >= 11 is 0. The third-order valence-electron chi connectivity index (χ3n) is 5.44. The van der Waals surface area contributed by atoms with Crippen LogP contribution in [0.2, 0.25) is 0 Å². The number of carbonyl (C=O) groups is 3. The maximum atomic E-state index is 13.0. The van der Waals surface area contributed by atoms with Crippen LogP contribution in [0.15, 0.2) is 36.4 Å². The third kappa shape index (κ3) is 2.04. The number of hydrogen-bond acceptors (Lipinski definition) is 6. The average molecular weight is 357 g/mol. The predicted octanol–water partition coefficient (Wildman–Crippen LogP) is 1.06. The third-order valence-corrected chi connectivity index (χ3v) is 5.44. The highest BCUT2D eigenvalue weighted by molar-refractivity contribution is 6.23. The first-order chi connectivity index (χ1) is 12.4. The Kier molecular flexibility index (Phi) is 3.58. The fraction of sp³-hybridized carbons (Fsp3) is 0.421. The van der Waals surface area contributed by atoms with Gasteiger partial charge in [0.1, 0.15) is 5.60 Å². The van der Waals surface area contributed by atoms with Gasteiger partial charge in [0.25, 0.3) is 0 Å². The van der Waals surface area contributed by atoms with E-state index in [0.29, 0.717) is 11.3 Å². The number of carbonyl (C=O) groups excluding carboxylic acids is 3. The second-order valence-corrected chi connectivity index (χ2v) is 6.97. The molecule has 26 heavy (non-hydrogen) atoms. The number of aliphatic hydroxyl groups excluding tert-OH is 1. The van der Waals surface area contributed by atoms with E-state index in [0.717, 1.165) is 4.90 Å². The fourth-order valence-corrected chi connectivity index (χ4v) is 4.26. The van der Waals surface area contributed by atoms with Crippen LogP contribution in [0.25, 0.3) is 0 Å². The van der Waals surface area contributed by atoms with Crippen LogP contribution < -0.4 is 4.90 Å². The van der Waals surface area contributed by atoms with Crippen LogP contribution in [-0.4, -0.2) is 47.3 Å². The number of hydrogen-bond donors (Lipinski definition) is 1. The molecule has 3 heterocycles. The summed E-state index contributed by atoms with van der Waals surface area (Å²) in [6.07, 6.45) is 3.44. The molecule has 7 heteroatoms. The number of anilines is 1. The predicted molar refractivity (Wildman–Crippen MR) is 90.3 cm³/mol. The molecule has 3 aliphatic rings. The van der Waals surface area contributed by atoms with Crippen LogP contribution >= 0.6 is 0 Å². The number of ether oxygens (including phenoxy) is 2. The van der Waals surface area contributed by atoms with Gasteiger partial charge in [-0.2, -0.15) is 0 Å². The highest BCUT2D eigenvalue weighted by atomic mass is 16.5. The highest BCUT2D eigenvalue weighted by Crippen LogP contribution is 2.57. The summed E-state index contributed by atoms with van der Waals surface area (Å²) in [7, 11) is 0. The van der Waals surface area contributed by atoms with Gasteiger partial charge < -0.3 is 14.6 Å². The molecule has 2 saturated heterocycles. The second kappa shape index (κ2) is 5.49. The van der Waals surface area contributed by atoms with Gasteiger partial charge in [0.2, 0.25) is 11.8 Å². The van der Waals surface area contributed by atoms with E-state index >= 15 is 0 Å². The summed E-state index contributed by atoms with van der Waals surface area (Å²) in [6, 6.07) is 6.14. The molecule has 0 spiro atoms. The zero-order valence-electron chi connectivity index (χ0n) is 14.5. The van der Waals surface area contributed by atoms with E-state index in [-0.39, 0.29) is 19.1 Å². The van der Waals surface area contributed by atoms with E-state index in [1.807, 2.05) is 0 Å². The quantitative estimate of drug-likeness (QED) is 0.492. The van der Waals surface area contributed by atoms with Gasteiger partial charge >= 0.3 is 5.97 Å². The van der Waals surface area contributed by atoms with E-state index in [4.69, 9.17) is 9.47 Å². The normalized spacial score (nSPS) is 34.5. The Labute approximate surface area is 150 Å². The van der Waals surface area contributed by atoms with Crippen LogP contribution in [0.3, 0.4) is 0 Å². The number of rotatable bonds is 4. The van der Waals surface area contributed by atoms with Crippen LogP contribution in [0, 0.1) is 11.8 Å². The van der Waals surface area contributed by atoms with Crippen molar-refractivity contribution in [2.75, 3.05) is 18.1 Å². The van der Waals surface area contributed by atoms with Gasteiger partial charge in [-0.05, 0) is 38.1 Å². The van der Waals surface area contributed by atoms with Gasteiger partial charge in [0, 0.05) is 0 Å². The molecule has 2 fully saturated rings. The summed E-state index contributed by atoms with van der Waals surface area (Å²) in [4.78, 5) is 38.9. The molecule has 4 atom stereocenters. The number of esters is 1. The Hall–Kier alpha value is -2.51. The minimum Gasteiger partial charge on any atom is -0.462 e. The molecule has 0 unspecified atom stereocenters. The van der Waals surface area contributed by atoms with Gasteiger partial charge in [-0.3, -0.25) is 9.59 Å². The number of fused-ring (bicyclic) bond motifs is 5. The Morgan fingerprint density at radius 1 is 1.19 bits per heavy atom. The largest absolute Gasteiger partial charge is 0.462 e. The lowest BCUT2D eigenvalue weighted by Gasteiger charge is -2.27. The van der Waals surface area contributed by atoms with Crippen LogP contribution in [-0.2, 0) is 19.1 Å². The minimum absolute atomic E-state index is 0.266. The molecule has 7 nitrogen and oxygen atoms in total. The Balaban J connectivity index is 1.67. The molecule has 1 aromatic carbocycles.